The van der Waals surface area contributed by atoms with Gasteiger partial charge in [0.1, 0.15) is 5.60 Å². The summed E-state index contributed by atoms with van der Waals surface area (Å²) in [7, 11) is 0. The first-order valence-corrected chi connectivity index (χ1v) is 6.02. The molecule has 3 nitrogen and oxygen atoms in total. The van der Waals surface area contributed by atoms with Gasteiger partial charge in [-0.15, -0.1) is 0 Å². The Balaban J connectivity index is 2.63. The number of hydrogen-bond donors (Lipinski definition) is 0. The van der Waals surface area contributed by atoms with Crippen molar-refractivity contribution in [1.29, 1.82) is 0 Å². The Morgan fingerprint density at radius 1 is 1.57 bits per heavy atom. The highest BCUT2D eigenvalue weighted by Gasteiger charge is 2.21. The van der Waals surface area contributed by atoms with E-state index in [0.717, 1.165) is 5.69 Å². The van der Waals surface area contributed by atoms with Crippen molar-refractivity contribution >= 4 is 46.0 Å². The quantitative estimate of drug-likeness (QED) is 0.580. The number of anilines is 1. The number of carbonyl (C=O) groups is 1. The van der Waals surface area contributed by atoms with Crippen molar-refractivity contribution in [1.82, 2.24) is 0 Å². The minimum absolute atomic E-state index is 0.337. The predicted octanol–water partition coefficient (Wildman–Crippen LogP) is 3.84. The largest absolute Gasteiger partial charge is 0.443 e. The van der Waals surface area contributed by atoms with E-state index < -0.39 is 5.60 Å². The molecular formula is C9H12INO2S. The zero-order valence-electron chi connectivity index (χ0n) is 8.28. The Hall–Kier alpha value is -0.300. The third-order valence-electron chi connectivity index (χ3n) is 1.29. The molecule has 0 saturated heterocycles. The number of amides is 1. The van der Waals surface area contributed by atoms with Crippen LogP contribution < -0.4 is 3.11 Å². The molecule has 0 N–H and O–H groups in total. The predicted molar refractivity (Wildman–Crippen MR) is 67.1 cm³/mol. The fraction of sp³-hybridized carbons (Fsp3) is 0.444. The lowest BCUT2D eigenvalue weighted by Gasteiger charge is -2.22. The van der Waals surface area contributed by atoms with Crippen molar-refractivity contribution < 1.29 is 9.53 Å². The lowest BCUT2D eigenvalue weighted by atomic mass is 10.2. The summed E-state index contributed by atoms with van der Waals surface area (Å²) in [6.07, 6.45) is -0.337. The van der Waals surface area contributed by atoms with E-state index >= 15 is 0 Å². The maximum Gasteiger partial charge on any atom is 0.423 e. The average molecular weight is 325 g/mol. The van der Waals surface area contributed by atoms with E-state index in [4.69, 9.17) is 4.74 Å². The van der Waals surface area contributed by atoms with Crippen LogP contribution in [-0.4, -0.2) is 11.7 Å². The second kappa shape index (κ2) is 4.48. The molecule has 0 saturated carbocycles. The van der Waals surface area contributed by atoms with Gasteiger partial charge in [-0.05, 0) is 32.2 Å². The Morgan fingerprint density at radius 2 is 2.21 bits per heavy atom. The molecule has 1 aromatic heterocycles. The molecule has 0 aromatic carbocycles. The van der Waals surface area contributed by atoms with Crippen LogP contribution in [0, 0.1) is 0 Å². The van der Waals surface area contributed by atoms with Gasteiger partial charge >= 0.3 is 6.09 Å². The number of rotatable bonds is 1. The van der Waals surface area contributed by atoms with Crippen LogP contribution in [0.2, 0.25) is 0 Å². The molecule has 78 valence electrons. The number of ether oxygens (including phenoxy) is 1. The molecule has 0 bridgehead atoms. The maximum atomic E-state index is 11.6. The minimum Gasteiger partial charge on any atom is -0.443 e. The van der Waals surface area contributed by atoms with Gasteiger partial charge in [-0.1, -0.05) is 0 Å². The summed E-state index contributed by atoms with van der Waals surface area (Å²) in [5.41, 5.74) is 0.404. The molecule has 0 unspecified atom stereocenters. The van der Waals surface area contributed by atoms with E-state index in [1.54, 1.807) is 11.3 Å². The third kappa shape index (κ3) is 3.45. The van der Waals surface area contributed by atoms with E-state index in [-0.39, 0.29) is 6.09 Å². The molecule has 0 aliphatic rings. The normalized spacial score (nSPS) is 11.1. The number of carbonyl (C=O) groups excluding carboxylic acids is 1. The van der Waals surface area contributed by atoms with E-state index in [0.29, 0.717) is 0 Å². The van der Waals surface area contributed by atoms with Crippen LogP contribution in [0.1, 0.15) is 20.8 Å². The van der Waals surface area contributed by atoms with Crippen molar-refractivity contribution in [2.24, 2.45) is 0 Å². The van der Waals surface area contributed by atoms with Crippen molar-refractivity contribution in [2.75, 3.05) is 3.11 Å². The Morgan fingerprint density at radius 3 is 2.64 bits per heavy atom. The van der Waals surface area contributed by atoms with Crippen LogP contribution in [0.3, 0.4) is 0 Å². The Bertz CT molecular complexity index is 305. The van der Waals surface area contributed by atoms with Crippen LogP contribution in [0.15, 0.2) is 16.8 Å². The zero-order chi connectivity index (χ0) is 10.8. The van der Waals surface area contributed by atoms with Crippen molar-refractivity contribution in [3.05, 3.63) is 16.8 Å². The molecule has 1 amide bonds. The molecule has 0 spiro atoms. The number of nitrogens with zero attached hydrogens (tertiary/aromatic N) is 1. The van der Waals surface area contributed by atoms with Gasteiger partial charge in [-0.25, -0.2) is 7.91 Å². The number of thiophene rings is 1. The monoisotopic (exact) mass is 325 g/mol. The fourth-order valence-electron chi connectivity index (χ4n) is 0.776. The molecular weight excluding hydrogens is 313 g/mol. The van der Waals surface area contributed by atoms with Crippen LogP contribution >= 0.6 is 34.2 Å². The van der Waals surface area contributed by atoms with E-state index in [1.807, 2.05) is 60.5 Å². The summed E-state index contributed by atoms with van der Waals surface area (Å²) in [5.74, 6) is 0. The third-order valence-corrected chi connectivity index (χ3v) is 2.91. The first kappa shape index (κ1) is 11.8. The van der Waals surface area contributed by atoms with Crippen LogP contribution in [0.25, 0.3) is 0 Å². The number of hydrogen-bond acceptors (Lipinski definition) is 3. The second-order valence-corrected chi connectivity index (χ2v) is 5.49. The molecule has 0 fully saturated rings. The molecule has 1 rings (SSSR count). The zero-order valence-corrected chi connectivity index (χ0v) is 11.3. The summed E-state index contributed by atoms with van der Waals surface area (Å²) >= 11 is 3.48. The summed E-state index contributed by atoms with van der Waals surface area (Å²) in [4.78, 5) is 11.6. The Labute approximate surface area is 102 Å². The van der Waals surface area contributed by atoms with Crippen LogP contribution in [0.4, 0.5) is 10.5 Å². The lowest BCUT2D eigenvalue weighted by Crippen LogP contribution is -2.30. The lowest BCUT2D eigenvalue weighted by molar-refractivity contribution is 0.0618. The van der Waals surface area contributed by atoms with Crippen molar-refractivity contribution in [3.63, 3.8) is 0 Å². The molecule has 5 heteroatoms. The van der Waals surface area contributed by atoms with Crippen LogP contribution in [0.5, 0.6) is 0 Å². The highest BCUT2D eigenvalue weighted by molar-refractivity contribution is 14.1. The highest BCUT2D eigenvalue weighted by atomic mass is 127. The molecule has 0 aliphatic carbocycles. The molecule has 0 aliphatic heterocycles. The van der Waals surface area contributed by atoms with Crippen molar-refractivity contribution in [3.8, 4) is 0 Å². The fourth-order valence-corrected chi connectivity index (χ4v) is 1.98. The smallest absolute Gasteiger partial charge is 0.423 e. The average Bonchev–Trinajstić information content (AvgIpc) is 2.51. The highest BCUT2D eigenvalue weighted by Crippen LogP contribution is 2.23. The van der Waals surface area contributed by atoms with Gasteiger partial charge in [0, 0.05) is 5.38 Å². The Kier molecular flexibility index (Phi) is 3.77. The first-order valence-electron chi connectivity index (χ1n) is 4.11. The summed E-state index contributed by atoms with van der Waals surface area (Å²) in [6, 6.07) is 1.88. The van der Waals surface area contributed by atoms with Gasteiger partial charge in [0.25, 0.3) is 0 Å². The molecule has 1 aromatic rings. The van der Waals surface area contributed by atoms with Gasteiger partial charge in [-0.2, -0.15) is 11.3 Å². The van der Waals surface area contributed by atoms with Crippen LogP contribution in [-0.2, 0) is 4.74 Å². The summed E-state index contributed by atoms with van der Waals surface area (Å²) in [5, 5.41) is 3.82. The van der Waals surface area contributed by atoms with Gasteiger partial charge in [0.15, 0.2) is 0 Å². The molecule has 1 heterocycles. The first-order chi connectivity index (χ1) is 6.40. The topological polar surface area (TPSA) is 29.5 Å². The van der Waals surface area contributed by atoms with Gasteiger partial charge in [0.05, 0.1) is 28.6 Å². The number of halogens is 1. The maximum absolute atomic E-state index is 11.6. The van der Waals surface area contributed by atoms with E-state index in [2.05, 4.69) is 0 Å². The van der Waals surface area contributed by atoms with E-state index in [9.17, 15) is 4.79 Å². The summed E-state index contributed by atoms with van der Waals surface area (Å²) < 4.78 is 6.68. The minimum atomic E-state index is -0.448. The van der Waals surface area contributed by atoms with Gasteiger partial charge in [0.2, 0.25) is 0 Å². The molecule has 0 atom stereocenters. The molecule has 14 heavy (non-hydrogen) atoms. The SMILES string of the molecule is CC(C)(C)OC(=O)N(I)c1ccsc1. The van der Waals surface area contributed by atoms with Crippen molar-refractivity contribution in [2.45, 2.75) is 26.4 Å². The molecule has 0 radical (unpaired) electrons. The van der Waals surface area contributed by atoms with Gasteiger partial charge in [-0.3, -0.25) is 0 Å². The second-order valence-electron chi connectivity index (χ2n) is 3.74. The van der Waals surface area contributed by atoms with E-state index in [1.165, 1.54) is 3.11 Å². The standard InChI is InChI=1S/C9H12INO2S/c1-9(2,3)13-8(12)11(10)7-4-5-14-6-7/h4-6H,1-3H3. The summed E-state index contributed by atoms with van der Waals surface area (Å²) in [6.45, 7) is 5.55. The van der Waals surface area contributed by atoms with Gasteiger partial charge < -0.3 is 4.74 Å².